The molecule has 0 radical (unpaired) electrons. The van der Waals surface area contributed by atoms with Crippen LogP contribution in [0.3, 0.4) is 0 Å². The standard InChI is InChI=1S/C24H32N6O4/c1-15(2)26-24(34)27-17-13-20(30(14-17)23(33)19-10-7-11-29(19)3)22(32)28-18(21(25)31)12-16-8-5-4-6-9-16/h4-11,15,17-18,20H,12-14H2,1-3H3,(H2,25,31)(H,28,32)(H2,26,27,34). The number of nitrogens with zero attached hydrogens (tertiary/aromatic N) is 2. The number of benzene rings is 1. The third kappa shape index (κ3) is 6.15. The second-order valence-electron chi connectivity index (χ2n) is 8.84. The van der Waals surface area contributed by atoms with Crippen molar-refractivity contribution in [2.75, 3.05) is 6.54 Å². The lowest BCUT2D eigenvalue weighted by atomic mass is 10.0. The first kappa shape index (κ1) is 24.8. The summed E-state index contributed by atoms with van der Waals surface area (Å²) in [7, 11) is 1.74. The van der Waals surface area contributed by atoms with E-state index in [0.717, 1.165) is 5.56 Å². The molecule has 182 valence electrons. The molecule has 1 aromatic heterocycles. The Balaban J connectivity index is 1.78. The minimum absolute atomic E-state index is 0.0593. The number of likely N-dealkylation sites (tertiary alicyclic amines) is 1. The van der Waals surface area contributed by atoms with Gasteiger partial charge in [0.1, 0.15) is 17.8 Å². The van der Waals surface area contributed by atoms with Gasteiger partial charge in [-0.3, -0.25) is 14.4 Å². The van der Waals surface area contributed by atoms with Crippen LogP contribution in [0, 0.1) is 0 Å². The summed E-state index contributed by atoms with van der Waals surface area (Å²) in [4.78, 5) is 52.3. The van der Waals surface area contributed by atoms with Crippen LogP contribution in [-0.2, 0) is 23.1 Å². The molecule has 5 N–H and O–H groups in total. The van der Waals surface area contributed by atoms with Gasteiger partial charge < -0.3 is 31.2 Å². The lowest BCUT2D eigenvalue weighted by molar-refractivity contribution is -0.129. The van der Waals surface area contributed by atoms with Gasteiger partial charge in [0.25, 0.3) is 5.91 Å². The summed E-state index contributed by atoms with van der Waals surface area (Å²) < 4.78 is 1.67. The van der Waals surface area contributed by atoms with Crippen LogP contribution >= 0.6 is 0 Å². The maximum atomic E-state index is 13.3. The van der Waals surface area contributed by atoms with Crippen molar-refractivity contribution in [1.29, 1.82) is 0 Å². The van der Waals surface area contributed by atoms with Gasteiger partial charge in [-0.2, -0.15) is 0 Å². The smallest absolute Gasteiger partial charge is 0.315 e. The second kappa shape index (κ2) is 10.9. The van der Waals surface area contributed by atoms with Gasteiger partial charge in [-0.15, -0.1) is 0 Å². The minimum Gasteiger partial charge on any atom is -0.368 e. The van der Waals surface area contributed by atoms with E-state index in [2.05, 4.69) is 16.0 Å². The maximum absolute atomic E-state index is 13.3. The molecule has 1 aliphatic heterocycles. The molecule has 5 amide bonds. The molecule has 1 fully saturated rings. The Kier molecular flexibility index (Phi) is 7.93. The number of hydrogen-bond acceptors (Lipinski definition) is 4. The van der Waals surface area contributed by atoms with Crippen molar-refractivity contribution in [3.8, 4) is 0 Å². The molecular formula is C24H32N6O4. The SMILES string of the molecule is CC(C)NC(=O)NC1CC(C(=O)NC(Cc2ccccc2)C(N)=O)N(C(=O)c2cccn2C)C1. The van der Waals surface area contributed by atoms with Crippen molar-refractivity contribution < 1.29 is 19.2 Å². The minimum atomic E-state index is -0.932. The molecular weight excluding hydrogens is 436 g/mol. The summed E-state index contributed by atoms with van der Waals surface area (Å²) >= 11 is 0. The largest absolute Gasteiger partial charge is 0.368 e. The highest BCUT2D eigenvalue weighted by Crippen LogP contribution is 2.22. The summed E-state index contributed by atoms with van der Waals surface area (Å²) in [6, 6.07) is 9.97. The van der Waals surface area contributed by atoms with E-state index in [1.807, 2.05) is 44.2 Å². The first-order valence-electron chi connectivity index (χ1n) is 11.3. The summed E-state index contributed by atoms with van der Waals surface area (Å²) in [6.07, 6.45) is 2.19. The van der Waals surface area contributed by atoms with E-state index in [9.17, 15) is 19.2 Å². The zero-order chi connectivity index (χ0) is 24.8. The highest BCUT2D eigenvalue weighted by Gasteiger charge is 2.41. The van der Waals surface area contributed by atoms with Gasteiger partial charge in [0, 0.05) is 32.3 Å². The molecule has 0 spiro atoms. The van der Waals surface area contributed by atoms with Gasteiger partial charge in [-0.25, -0.2) is 4.79 Å². The molecule has 3 rings (SSSR count). The molecule has 1 saturated heterocycles. The van der Waals surface area contributed by atoms with Crippen LogP contribution in [0.2, 0.25) is 0 Å². The van der Waals surface area contributed by atoms with Crippen LogP contribution in [0.25, 0.3) is 0 Å². The fourth-order valence-corrected chi connectivity index (χ4v) is 4.07. The number of aryl methyl sites for hydroxylation is 1. The molecule has 3 atom stereocenters. The van der Waals surface area contributed by atoms with Crippen molar-refractivity contribution in [2.45, 2.75) is 50.9 Å². The molecule has 0 bridgehead atoms. The summed E-state index contributed by atoms with van der Waals surface area (Å²) in [6.45, 7) is 3.84. The summed E-state index contributed by atoms with van der Waals surface area (Å²) in [5.41, 5.74) is 6.82. The molecule has 2 aromatic rings. The van der Waals surface area contributed by atoms with Crippen LogP contribution < -0.4 is 21.7 Å². The predicted octanol–water partition coefficient (Wildman–Crippen LogP) is 0.529. The van der Waals surface area contributed by atoms with Gasteiger partial charge in [-0.1, -0.05) is 30.3 Å². The molecule has 10 heteroatoms. The molecule has 2 heterocycles. The highest BCUT2D eigenvalue weighted by atomic mass is 16.2. The lowest BCUT2D eigenvalue weighted by Crippen LogP contribution is -2.53. The van der Waals surface area contributed by atoms with Crippen LogP contribution in [0.1, 0.15) is 36.3 Å². The van der Waals surface area contributed by atoms with Crippen molar-refractivity contribution >= 4 is 23.8 Å². The quantitative estimate of drug-likeness (QED) is 0.449. The van der Waals surface area contributed by atoms with E-state index in [1.54, 1.807) is 29.9 Å². The van der Waals surface area contributed by atoms with Crippen molar-refractivity contribution in [3.05, 3.63) is 59.9 Å². The van der Waals surface area contributed by atoms with Gasteiger partial charge in [0.05, 0.1) is 6.04 Å². The summed E-state index contributed by atoms with van der Waals surface area (Å²) in [5.74, 6) is -1.49. The van der Waals surface area contributed by atoms with E-state index >= 15 is 0 Å². The number of urea groups is 1. The van der Waals surface area contributed by atoms with Gasteiger partial charge in [0.2, 0.25) is 11.8 Å². The first-order valence-corrected chi connectivity index (χ1v) is 11.3. The van der Waals surface area contributed by atoms with Crippen molar-refractivity contribution in [3.63, 3.8) is 0 Å². The number of aromatic nitrogens is 1. The predicted molar refractivity (Wildman–Crippen MR) is 127 cm³/mol. The van der Waals surface area contributed by atoms with Crippen molar-refractivity contribution in [2.24, 2.45) is 12.8 Å². The number of rotatable bonds is 8. The fraction of sp³-hybridized carbons (Fsp3) is 0.417. The monoisotopic (exact) mass is 468 g/mol. The first-order chi connectivity index (χ1) is 16.2. The average Bonchev–Trinajstić information content (AvgIpc) is 3.39. The number of carbonyl (C=O) groups excluding carboxylic acids is 4. The lowest BCUT2D eigenvalue weighted by Gasteiger charge is -2.26. The van der Waals surface area contributed by atoms with Crippen LogP contribution in [0.4, 0.5) is 4.79 Å². The van der Waals surface area contributed by atoms with Crippen LogP contribution in [-0.4, -0.2) is 63.9 Å². The van der Waals surface area contributed by atoms with Gasteiger partial charge >= 0.3 is 6.03 Å². The molecule has 1 aliphatic rings. The second-order valence-corrected chi connectivity index (χ2v) is 8.84. The Labute approximate surface area is 198 Å². The third-order valence-corrected chi connectivity index (χ3v) is 5.73. The van der Waals surface area contributed by atoms with E-state index < -0.39 is 29.9 Å². The Morgan fingerprint density at radius 3 is 2.35 bits per heavy atom. The number of nitrogens with one attached hydrogen (secondary N) is 3. The fourth-order valence-electron chi connectivity index (χ4n) is 4.07. The number of nitrogens with two attached hydrogens (primary N) is 1. The number of primary amides is 1. The Bertz CT molecular complexity index is 1040. The molecule has 3 unspecified atom stereocenters. The normalized spacial score (nSPS) is 18.4. The average molecular weight is 469 g/mol. The highest BCUT2D eigenvalue weighted by molar-refractivity contribution is 5.98. The Morgan fingerprint density at radius 1 is 1.06 bits per heavy atom. The van der Waals surface area contributed by atoms with Crippen LogP contribution in [0.5, 0.6) is 0 Å². The summed E-state index contributed by atoms with van der Waals surface area (Å²) in [5, 5.41) is 8.30. The third-order valence-electron chi connectivity index (χ3n) is 5.73. The van der Waals surface area contributed by atoms with E-state index in [1.165, 1.54) is 4.90 Å². The van der Waals surface area contributed by atoms with E-state index in [4.69, 9.17) is 5.73 Å². The Morgan fingerprint density at radius 2 is 1.76 bits per heavy atom. The van der Waals surface area contributed by atoms with Gasteiger partial charge in [-0.05, 0) is 38.0 Å². The number of hydrogen-bond donors (Lipinski definition) is 4. The molecule has 0 aliphatic carbocycles. The zero-order valence-corrected chi connectivity index (χ0v) is 19.7. The van der Waals surface area contributed by atoms with Crippen molar-refractivity contribution in [1.82, 2.24) is 25.4 Å². The number of carbonyl (C=O) groups is 4. The van der Waals surface area contributed by atoms with E-state index in [-0.39, 0.29) is 37.4 Å². The van der Waals surface area contributed by atoms with Crippen LogP contribution in [0.15, 0.2) is 48.7 Å². The molecule has 0 saturated carbocycles. The van der Waals surface area contributed by atoms with E-state index in [0.29, 0.717) is 5.69 Å². The Hall–Kier alpha value is -3.82. The molecule has 1 aromatic carbocycles. The number of amides is 5. The topological polar surface area (TPSA) is 139 Å². The molecule has 10 nitrogen and oxygen atoms in total. The zero-order valence-electron chi connectivity index (χ0n) is 19.7. The van der Waals surface area contributed by atoms with Gasteiger partial charge in [0.15, 0.2) is 0 Å². The molecule has 34 heavy (non-hydrogen) atoms. The maximum Gasteiger partial charge on any atom is 0.315 e.